The maximum absolute atomic E-state index is 12.1. The number of nitrogens with two attached hydrogens (primary N) is 1. The summed E-state index contributed by atoms with van der Waals surface area (Å²) < 4.78 is 0.730. The summed E-state index contributed by atoms with van der Waals surface area (Å²) in [5.74, 6) is 6.03. The van der Waals surface area contributed by atoms with Crippen LogP contribution in [0.3, 0.4) is 0 Å². The number of likely N-dealkylation sites (tertiary alicyclic amines) is 1. The quantitative estimate of drug-likeness (QED) is 0.563. The van der Waals surface area contributed by atoms with Gasteiger partial charge in [-0.15, -0.1) is 0 Å². The van der Waals surface area contributed by atoms with E-state index in [0.29, 0.717) is 41.1 Å². The molecule has 28 heavy (non-hydrogen) atoms. The Kier molecular flexibility index (Phi) is 4.49. The molecular formula is C20H16BrN5O2. The topological polar surface area (TPSA) is 105 Å². The molecule has 0 saturated carbocycles. The van der Waals surface area contributed by atoms with Gasteiger partial charge >= 0.3 is 0 Å². The molecule has 1 atom stereocenters. The monoisotopic (exact) mass is 437 g/mol. The minimum Gasteiger partial charge on any atom is -0.383 e. The van der Waals surface area contributed by atoms with Gasteiger partial charge < -0.3 is 15.7 Å². The molecule has 1 saturated heterocycles. The van der Waals surface area contributed by atoms with E-state index >= 15 is 0 Å². The number of amides is 1. The Bertz CT molecular complexity index is 1170. The largest absolute Gasteiger partial charge is 0.383 e. The van der Waals surface area contributed by atoms with Crippen LogP contribution in [0, 0.1) is 11.8 Å². The van der Waals surface area contributed by atoms with Gasteiger partial charge in [-0.3, -0.25) is 9.78 Å². The number of aromatic nitrogens is 3. The highest BCUT2D eigenvalue weighted by atomic mass is 79.9. The maximum Gasteiger partial charge on any atom is 0.267 e. The predicted octanol–water partition coefficient (Wildman–Crippen LogP) is 1.98. The normalized spacial score (nSPS) is 19.0. The molecule has 1 fully saturated rings. The molecule has 2 aromatic heterocycles. The number of aliphatic hydroxyl groups is 1. The van der Waals surface area contributed by atoms with Gasteiger partial charge in [-0.1, -0.05) is 24.0 Å². The molecule has 1 amide bonds. The van der Waals surface area contributed by atoms with E-state index in [1.165, 1.54) is 4.90 Å². The van der Waals surface area contributed by atoms with Crippen molar-refractivity contribution < 1.29 is 9.90 Å². The highest BCUT2D eigenvalue weighted by molar-refractivity contribution is 9.10. The summed E-state index contributed by atoms with van der Waals surface area (Å²) in [7, 11) is 1.65. The molecule has 1 aliphatic rings. The summed E-state index contributed by atoms with van der Waals surface area (Å²) in [4.78, 5) is 26.6. The first-order chi connectivity index (χ1) is 13.4. The number of benzene rings is 1. The third kappa shape index (κ3) is 3.19. The van der Waals surface area contributed by atoms with Crippen LogP contribution in [0.15, 0.2) is 41.1 Å². The lowest BCUT2D eigenvalue weighted by molar-refractivity contribution is -0.137. The Labute approximate surface area is 169 Å². The molecular weight excluding hydrogens is 422 g/mol. The lowest BCUT2D eigenvalue weighted by Crippen LogP contribution is -2.37. The first-order valence-electron chi connectivity index (χ1n) is 8.56. The summed E-state index contributed by atoms with van der Waals surface area (Å²) in [6.45, 7) is 0.484. The van der Waals surface area contributed by atoms with Crippen LogP contribution >= 0.6 is 15.9 Å². The van der Waals surface area contributed by atoms with Crippen molar-refractivity contribution in [3.8, 4) is 23.2 Å². The van der Waals surface area contributed by atoms with Crippen LogP contribution in [-0.2, 0) is 4.79 Å². The van der Waals surface area contributed by atoms with Crippen LogP contribution < -0.4 is 5.73 Å². The number of anilines is 1. The van der Waals surface area contributed by atoms with Crippen molar-refractivity contribution in [1.29, 1.82) is 0 Å². The molecule has 3 heterocycles. The number of pyridine rings is 1. The molecule has 1 aromatic carbocycles. The number of nitrogen functional groups attached to an aromatic ring is 1. The number of fused-ring (bicyclic) bond motifs is 1. The van der Waals surface area contributed by atoms with Crippen molar-refractivity contribution in [2.75, 3.05) is 19.3 Å². The van der Waals surface area contributed by atoms with E-state index < -0.39 is 5.60 Å². The van der Waals surface area contributed by atoms with Gasteiger partial charge in [0.2, 0.25) is 5.60 Å². The third-order valence-electron chi connectivity index (χ3n) is 4.63. The van der Waals surface area contributed by atoms with Crippen molar-refractivity contribution in [1.82, 2.24) is 19.9 Å². The van der Waals surface area contributed by atoms with Crippen molar-refractivity contribution in [2.24, 2.45) is 0 Å². The van der Waals surface area contributed by atoms with Crippen LogP contribution in [0.4, 0.5) is 5.82 Å². The molecule has 3 N–H and O–H groups in total. The average Bonchev–Trinajstić information content (AvgIpc) is 2.94. The first-order valence-corrected chi connectivity index (χ1v) is 9.35. The predicted molar refractivity (Wildman–Crippen MR) is 109 cm³/mol. The highest BCUT2D eigenvalue weighted by Gasteiger charge is 2.42. The Morgan fingerprint density at radius 3 is 2.89 bits per heavy atom. The number of nitrogens with zero attached hydrogens (tertiary/aromatic N) is 4. The molecule has 140 valence electrons. The van der Waals surface area contributed by atoms with Gasteiger partial charge in [-0.25, -0.2) is 9.97 Å². The van der Waals surface area contributed by atoms with Crippen LogP contribution in [0.5, 0.6) is 0 Å². The van der Waals surface area contributed by atoms with Crippen LogP contribution in [0.2, 0.25) is 0 Å². The second kappa shape index (κ2) is 6.86. The average molecular weight is 438 g/mol. The fourth-order valence-corrected chi connectivity index (χ4v) is 3.61. The Morgan fingerprint density at radius 2 is 2.14 bits per heavy atom. The van der Waals surface area contributed by atoms with Crippen LogP contribution in [0.25, 0.3) is 22.3 Å². The Balaban J connectivity index is 1.72. The van der Waals surface area contributed by atoms with Crippen LogP contribution in [0.1, 0.15) is 12.0 Å². The summed E-state index contributed by atoms with van der Waals surface area (Å²) in [5.41, 5.74) is 6.47. The molecule has 0 unspecified atom stereocenters. The van der Waals surface area contributed by atoms with Gasteiger partial charge in [0.25, 0.3) is 5.91 Å². The second-order valence-electron chi connectivity index (χ2n) is 6.62. The molecule has 0 aliphatic carbocycles. The second-order valence-corrected chi connectivity index (χ2v) is 7.47. The maximum atomic E-state index is 12.1. The van der Waals surface area contributed by atoms with Crippen molar-refractivity contribution in [3.05, 3.63) is 46.7 Å². The number of rotatable bonds is 1. The summed E-state index contributed by atoms with van der Waals surface area (Å²) in [5, 5.41) is 11.2. The van der Waals surface area contributed by atoms with Gasteiger partial charge in [-0.2, -0.15) is 0 Å². The summed E-state index contributed by atoms with van der Waals surface area (Å²) in [6, 6.07) is 7.26. The Morgan fingerprint density at radius 1 is 1.32 bits per heavy atom. The number of halogens is 1. The van der Waals surface area contributed by atoms with Crippen LogP contribution in [-0.4, -0.2) is 50.1 Å². The summed E-state index contributed by atoms with van der Waals surface area (Å²) in [6.07, 6.45) is 3.56. The zero-order chi connectivity index (χ0) is 19.9. The molecule has 4 rings (SSSR count). The third-order valence-corrected chi connectivity index (χ3v) is 5.23. The lowest BCUT2D eigenvalue weighted by Gasteiger charge is -2.13. The van der Waals surface area contributed by atoms with E-state index in [1.807, 2.05) is 12.1 Å². The number of likely N-dealkylation sites (N-methyl/N-ethyl adjacent to an activating group) is 1. The summed E-state index contributed by atoms with van der Waals surface area (Å²) >= 11 is 3.41. The molecule has 7 nitrogen and oxygen atoms in total. The van der Waals surface area contributed by atoms with Crippen molar-refractivity contribution in [3.63, 3.8) is 0 Å². The minimum atomic E-state index is -1.63. The lowest BCUT2D eigenvalue weighted by atomic mass is 10.0. The van der Waals surface area contributed by atoms with Gasteiger partial charge in [0, 0.05) is 41.8 Å². The van der Waals surface area contributed by atoms with E-state index in [2.05, 4.69) is 42.7 Å². The first kappa shape index (κ1) is 18.3. The highest BCUT2D eigenvalue weighted by Crippen LogP contribution is 2.28. The minimum absolute atomic E-state index is 0.293. The Hall–Kier alpha value is -3.02. The number of hydrogen-bond acceptors (Lipinski definition) is 6. The van der Waals surface area contributed by atoms with E-state index in [9.17, 15) is 9.90 Å². The fourth-order valence-electron chi connectivity index (χ4n) is 3.08. The van der Waals surface area contributed by atoms with Gasteiger partial charge in [0.15, 0.2) is 5.82 Å². The number of hydrogen-bond donors (Lipinski definition) is 2. The van der Waals surface area contributed by atoms with Gasteiger partial charge in [0.05, 0.1) is 17.1 Å². The smallest absolute Gasteiger partial charge is 0.267 e. The van der Waals surface area contributed by atoms with Gasteiger partial charge in [0.1, 0.15) is 5.82 Å². The number of carbonyl (C=O) groups excluding carboxylic acids is 1. The zero-order valence-corrected chi connectivity index (χ0v) is 16.6. The van der Waals surface area contributed by atoms with Crippen molar-refractivity contribution in [2.45, 2.75) is 12.0 Å². The molecule has 1 aliphatic heterocycles. The van der Waals surface area contributed by atoms with Crippen molar-refractivity contribution >= 4 is 38.6 Å². The molecule has 0 bridgehead atoms. The van der Waals surface area contributed by atoms with E-state index in [-0.39, 0.29) is 5.91 Å². The zero-order valence-electron chi connectivity index (χ0n) is 15.0. The van der Waals surface area contributed by atoms with E-state index in [0.717, 1.165) is 10.0 Å². The standard InChI is InChI=1S/C20H16BrN5O2/c1-26-8-7-20(28,19(26)27)6-5-12-3-2-4-13(9-12)18-24-15-11-23-10-14(21)16(15)17(22)25-18/h2-4,9-11,28H,7-8H2,1H3,(H2,22,24,25)/t20-/m0/s1. The molecule has 3 aromatic rings. The number of carbonyl (C=O) groups is 1. The van der Waals surface area contributed by atoms with Gasteiger partial charge in [-0.05, 0) is 28.1 Å². The molecule has 0 spiro atoms. The molecule has 8 heteroatoms. The van der Waals surface area contributed by atoms with E-state index in [4.69, 9.17) is 5.73 Å². The molecule has 0 radical (unpaired) electrons. The fraction of sp³-hybridized carbons (Fsp3) is 0.200. The SMILES string of the molecule is CN1CC[C@@](O)(C#Cc2cccc(-c3nc(N)c4c(Br)cncc4n3)c2)C1=O. The van der Waals surface area contributed by atoms with E-state index in [1.54, 1.807) is 31.6 Å².